The van der Waals surface area contributed by atoms with E-state index < -0.39 is 0 Å². The van der Waals surface area contributed by atoms with Crippen molar-refractivity contribution < 1.29 is 4.79 Å². The van der Waals surface area contributed by atoms with Crippen molar-refractivity contribution in [2.75, 3.05) is 58.3 Å². The number of nitrogens with zero attached hydrogens (tertiary/aromatic N) is 4. The van der Waals surface area contributed by atoms with Crippen molar-refractivity contribution in [3.05, 3.63) is 45.9 Å². The highest BCUT2D eigenvalue weighted by Crippen LogP contribution is 2.19. The minimum atomic E-state index is -0.0801. The van der Waals surface area contributed by atoms with Gasteiger partial charge in [-0.15, -0.1) is 11.3 Å². The molecule has 0 aliphatic carbocycles. The number of hydrogen-bond donors (Lipinski definition) is 1. The van der Waals surface area contributed by atoms with E-state index in [-0.39, 0.29) is 5.91 Å². The zero-order chi connectivity index (χ0) is 19.2. The van der Waals surface area contributed by atoms with Gasteiger partial charge in [-0.3, -0.25) is 9.69 Å². The molecule has 0 spiro atoms. The second-order valence-electron chi connectivity index (χ2n) is 7.28. The molecule has 0 radical (unpaired) electrons. The number of thiazole rings is 1. The maximum absolute atomic E-state index is 12.1. The van der Waals surface area contributed by atoms with E-state index >= 15 is 0 Å². The molecule has 0 atom stereocenters. The van der Waals surface area contributed by atoms with Crippen molar-refractivity contribution in [2.45, 2.75) is 13.5 Å². The lowest BCUT2D eigenvalue weighted by Gasteiger charge is -2.35. The third-order valence-electron chi connectivity index (χ3n) is 4.76. The first-order valence-corrected chi connectivity index (χ1v) is 10.3. The average molecular weight is 388 g/mol. The number of likely N-dealkylation sites (N-methyl/N-ethyl adjacent to an activating group) is 1. The Kier molecular flexibility index (Phi) is 6.82. The quantitative estimate of drug-likeness (QED) is 0.788. The average Bonchev–Trinajstić information content (AvgIpc) is 3.11. The fraction of sp³-hybridized carbons (Fsp3) is 0.500. The highest BCUT2D eigenvalue weighted by molar-refractivity contribution is 7.09. The fourth-order valence-corrected chi connectivity index (χ4v) is 3.90. The lowest BCUT2D eigenvalue weighted by molar-refractivity contribution is 0.0946. The summed E-state index contributed by atoms with van der Waals surface area (Å²) in [6, 6.07) is 8.74. The van der Waals surface area contributed by atoms with Crippen LogP contribution in [0.25, 0.3) is 0 Å². The Bertz CT molecular complexity index is 735. The summed E-state index contributed by atoms with van der Waals surface area (Å²) < 4.78 is 0. The predicted octanol–water partition coefficient (Wildman–Crippen LogP) is 2.07. The van der Waals surface area contributed by atoms with Crippen LogP contribution in [-0.2, 0) is 6.54 Å². The van der Waals surface area contributed by atoms with E-state index in [0.29, 0.717) is 12.2 Å². The Labute approximate surface area is 165 Å². The van der Waals surface area contributed by atoms with Gasteiger partial charge in [0.05, 0.1) is 6.54 Å². The molecule has 0 unspecified atom stereocenters. The molecule has 1 aromatic carbocycles. The molecule has 146 valence electrons. The molecule has 3 rings (SSSR count). The maximum Gasteiger partial charge on any atom is 0.270 e. The summed E-state index contributed by atoms with van der Waals surface area (Å²) in [5, 5.41) is 5.79. The van der Waals surface area contributed by atoms with Gasteiger partial charge in [-0.25, -0.2) is 4.98 Å². The summed E-state index contributed by atoms with van der Waals surface area (Å²) in [4.78, 5) is 23.6. The number of aromatic nitrogens is 1. The van der Waals surface area contributed by atoms with E-state index in [1.165, 1.54) is 11.3 Å². The van der Waals surface area contributed by atoms with Gasteiger partial charge in [-0.05, 0) is 33.2 Å². The molecule has 7 heteroatoms. The van der Waals surface area contributed by atoms with Crippen molar-refractivity contribution in [1.82, 2.24) is 20.1 Å². The van der Waals surface area contributed by atoms with Crippen molar-refractivity contribution in [3.63, 3.8) is 0 Å². The van der Waals surface area contributed by atoms with Crippen LogP contribution >= 0.6 is 11.3 Å². The van der Waals surface area contributed by atoms with Crippen LogP contribution < -0.4 is 10.2 Å². The molecule has 2 aromatic rings. The molecule has 0 bridgehead atoms. The summed E-state index contributed by atoms with van der Waals surface area (Å²) in [7, 11) is 3.98. The van der Waals surface area contributed by atoms with Crippen LogP contribution in [0.4, 0.5) is 5.69 Å². The van der Waals surface area contributed by atoms with Crippen LogP contribution in [0.3, 0.4) is 0 Å². The van der Waals surface area contributed by atoms with Crippen LogP contribution in [0.15, 0.2) is 29.6 Å². The molecular formula is C20H29N5OS. The molecule has 1 aromatic heterocycles. The van der Waals surface area contributed by atoms with Gasteiger partial charge < -0.3 is 15.1 Å². The SMILES string of the molecule is Cc1ccc(N2CCN(Cc3nc(C(=O)NCCN(C)C)cs3)CC2)cc1. The van der Waals surface area contributed by atoms with E-state index in [9.17, 15) is 4.79 Å². The van der Waals surface area contributed by atoms with Crippen LogP contribution in [-0.4, -0.2) is 74.1 Å². The monoisotopic (exact) mass is 387 g/mol. The van der Waals surface area contributed by atoms with E-state index in [2.05, 4.69) is 51.3 Å². The number of rotatable bonds is 7. The topological polar surface area (TPSA) is 51.7 Å². The van der Waals surface area contributed by atoms with Gasteiger partial charge in [0.2, 0.25) is 0 Å². The second-order valence-corrected chi connectivity index (χ2v) is 8.23. The summed E-state index contributed by atoms with van der Waals surface area (Å²) in [6.45, 7) is 8.46. The summed E-state index contributed by atoms with van der Waals surface area (Å²) in [6.07, 6.45) is 0. The van der Waals surface area contributed by atoms with E-state index in [1.54, 1.807) is 11.3 Å². The number of amides is 1. The number of piperazine rings is 1. The van der Waals surface area contributed by atoms with Gasteiger partial charge in [0.1, 0.15) is 10.7 Å². The first-order chi connectivity index (χ1) is 13.0. The number of carbonyl (C=O) groups is 1. The van der Waals surface area contributed by atoms with E-state index in [4.69, 9.17) is 0 Å². The zero-order valence-electron chi connectivity index (χ0n) is 16.4. The Morgan fingerprint density at radius 2 is 1.89 bits per heavy atom. The molecule has 1 aliphatic heterocycles. The number of carbonyl (C=O) groups excluding carboxylic acids is 1. The van der Waals surface area contributed by atoms with Gasteiger partial charge in [-0.1, -0.05) is 17.7 Å². The van der Waals surface area contributed by atoms with Crippen molar-refractivity contribution >= 4 is 22.9 Å². The fourth-order valence-electron chi connectivity index (χ4n) is 3.08. The van der Waals surface area contributed by atoms with Crippen molar-refractivity contribution in [2.24, 2.45) is 0 Å². The molecule has 1 saturated heterocycles. The van der Waals surface area contributed by atoms with Gasteiger partial charge in [0.25, 0.3) is 5.91 Å². The lowest BCUT2D eigenvalue weighted by atomic mass is 10.2. The highest BCUT2D eigenvalue weighted by atomic mass is 32.1. The van der Waals surface area contributed by atoms with Crippen LogP contribution in [0.1, 0.15) is 21.1 Å². The van der Waals surface area contributed by atoms with Gasteiger partial charge in [0.15, 0.2) is 0 Å². The van der Waals surface area contributed by atoms with Crippen LogP contribution in [0.5, 0.6) is 0 Å². The molecule has 6 nitrogen and oxygen atoms in total. The zero-order valence-corrected chi connectivity index (χ0v) is 17.3. The molecule has 1 aliphatic rings. The predicted molar refractivity (Wildman–Crippen MR) is 112 cm³/mol. The molecule has 1 fully saturated rings. The Morgan fingerprint density at radius 3 is 2.56 bits per heavy atom. The minimum absolute atomic E-state index is 0.0801. The summed E-state index contributed by atoms with van der Waals surface area (Å²) in [5.74, 6) is -0.0801. The van der Waals surface area contributed by atoms with Gasteiger partial charge >= 0.3 is 0 Å². The summed E-state index contributed by atoms with van der Waals surface area (Å²) in [5.41, 5.74) is 3.13. The van der Waals surface area contributed by atoms with Crippen LogP contribution in [0, 0.1) is 6.92 Å². The molecular weight excluding hydrogens is 358 g/mol. The van der Waals surface area contributed by atoms with E-state index in [1.807, 2.05) is 24.4 Å². The lowest BCUT2D eigenvalue weighted by Crippen LogP contribution is -2.45. The number of nitrogens with one attached hydrogen (secondary N) is 1. The molecule has 2 heterocycles. The number of anilines is 1. The number of hydrogen-bond acceptors (Lipinski definition) is 6. The molecule has 1 amide bonds. The maximum atomic E-state index is 12.1. The summed E-state index contributed by atoms with van der Waals surface area (Å²) >= 11 is 1.57. The molecule has 0 saturated carbocycles. The number of aryl methyl sites for hydroxylation is 1. The van der Waals surface area contributed by atoms with Gasteiger partial charge in [0, 0.05) is 50.3 Å². The van der Waals surface area contributed by atoms with Gasteiger partial charge in [-0.2, -0.15) is 0 Å². The first-order valence-electron chi connectivity index (χ1n) is 9.42. The van der Waals surface area contributed by atoms with Crippen molar-refractivity contribution in [3.8, 4) is 0 Å². The molecule has 1 N–H and O–H groups in total. The molecule has 27 heavy (non-hydrogen) atoms. The Balaban J connectivity index is 1.46. The normalized spacial score (nSPS) is 15.3. The third kappa shape index (κ3) is 5.76. The standard InChI is InChI=1S/C20H29N5OS/c1-16-4-6-17(7-5-16)25-12-10-24(11-13-25)14-19-22-18(15-27-19)20(26)21-8-9-23(2)3/h4-7,15H,8-14H2,1-3H3,(H,21,26). The van der Waals surface area contributed by atoms with E-state index in [0.717, 1.165) is 44.3 Å². The minimum Gasteiger partial charge on any atom is -0.369 e. The third-order valence-corrected chi connectivity index (χ3v) is 5.59. The number of benzene rings is 1. The Morgan fingerprint density at radius 1 is 1.19 bits per heavy atom. The smallest absolute Gasteiger partial charge is 0.270 e. The Hall–Kier alpha value is -1.96. The largest absolute Gasteiger partial charge is 0.369 e. The van der Waals surface area contributed by atoms with Crippen LogP contribution in [0.2, 0.25) is 0 Å². The first kappa shape index (κ1) is 19.8. The highest BCUT2D eigenvalue weighted by Gasteiger charge is 2.19. The second kappa shape index (κ2) is 9.30. The van der Waals surface area contributed by atoms with Crippen molar-refractivity contribution in [1.29, 1.82) is 0 Å².